The lowest BCUT2D eigenvalue weighted by atomic mass is 9.89. The number of hydrogen-bond acceptors (Lipinski definition) is 4. The van der Waals surface area contributed by atoms with Crippen molar-refractivity contribution < 1.29 is 24.3 Å². The minimum atomic E-state index is -1.28. The van der Waals surface area contributed by atoms with Gasteiger partial charge in [-0.3, -0.25) is 19.7 Å². The van der Waals surface area contributed by atoms with Gasteiger partial charge < -0.3 is 16.2 Å². The van der Waals surface area contributed by atoms with Crippen LogP contribution in [0.25, 0.3) is 0 Å². The minimum Gasteiger partial charge on any atom is -0.481 e. The first kappa shape index (κ1) is 15.9. The standard InChI is InChI=1S/C10H17N3O5/c1-5(7(11)15)12-9(18)13-6(14)4-10(2,3)8(16)17/h5H,4H2,1-3H3,(H2,11,15)(H,16,17)(H2,12,13,14,18). The highest BCUT2D eigenvalue weighted by atomic mass is 16.4. The van der Waals surface area contributed by atoms with Gasteiger partial charge in [-0.05, 0) is 20.8 Å². The zero-order valence-corrected chi connectivity index (χ0v) is 10.4. The molecule has 0 aromatic carbocycles. The summed E-state index contributed by atoms with van der Waals surface area (Å²) in [6, 6.07) is -1.82. The molecule has 0 saturated heterocycles. The number of amides is 4. The van der Waals surface area contributed by atoms with Gasteiger partial charge in [-0.15, -0.1) is 0 Å². The minimum absolute atomic E-state index is 0.360. The molecule has 0 aliphatic heterocycles. The molecule has 0 rings (SSSR count). The van der Waals surface area contributed by atoms with E-state index in [4.69, 9.17) is 10.8 Å². The number of urea groups is 1. The maximum atomic E-state index is 11.4. The molecule has 0 fully saturated rings. The maximum Gasteiger partial charge on any atom is 0.322 e. The molecule has 1 atom stereocenters. The normalized spacial score (nSPS) is 12.4. The van der Waals surface area contributed by atoms with Crippen LogP contribution in [-0.4, -0.2) is 35.0 Å². The first-order valence-electron chi connectivity index (χ1n) is 5.19. The number of primary amides is 1. The lowest BCUT2D eigenvalue weighted by molar-refractivity contribution is -0.149. The van der Waals surface area contributed by atoms with Crippen LogP contribution in [0.3, 0.4) is 0 Å². The molecule has 8 heteroatoms. The van der Waals surface area contributed by atoms with Crippen molar-refractivity contribution in [3.05, 3.63) is 0 Å². The highest BCUT2D eigenvalue weighted by Crippen LogP contribution is 2.19. The lowest BCUT2D eigenvalue weighted by Crippen LogP contribution is -2.49. The Balaban J connectivity index is 4.30. The number of nitrogens with one attached hydrogen (secondary N) is 2. The van der Waals surface area contributed by atoms with E-state index in [-0.39, 0.29) is 6.42 Å². The highest BCUT2D eigenvalue weighted by Gasteiger charge is 2.30. The first-order chi connectivity index (χ1) is 8.06. The third-order valence-corrected chi connectivity index (χ3v) is 2.21. The van der Waals surface area contributed by atoms with Gasteiger partial charge in [0.2, 0.25) is 11.8 Å². The molecule has 0 aliphatic rings. The van der Waals surface area contributed by atoms with E-state index in [2.05, 4.69) is 5.32 Å². The van der Waals surface area contributed by atoms with Gasteiger partial charge in [0.15, 0.2) is 0 Å². The summed E-state index contributed by atoms with van der Waals surface area (Å²) in [6.07, 6.45) is -0.360. The van der Waals surface area contributed by atoms with Crippen LogP contribution < -0.4 is 16.4 Å². The van der Waals surface area contributed by atoms with Crippen molar-refractivity contribution in [3.63, 3.8) is 0 Å². The molecular formula is C10H17N3O5. The molecule has 0 aromatic heterocycles. The molecule has 0 heterocycles. The van der Waals surface area contributed by atoms with Gasteiger partial charge in [-0.2, -0.15) is 0 Å². The molecule has 18 heavy (non-hydrogen) atoms. The summed E-state index contributed by atoms with van der Waals surface area (Å²) < 4.78 is 0. The van der Waals surface area contributed by atoms with Crippen LogP contribution >= 0.6 is 0 Å². The fourth-order valence-corrected chi connectivity index (χ4v) is 0.952. The van der Waals surface area contributed by atoms with Crippen LogP contribution in [0.2, 0.25) is 0 Å². The molecule has 8 nitrogen and oxygen atoms in total. The predicted octanol–water partition coefficient (Wildman–Crippen LogP) is -0.813. The number of carbonyl (C=O) groups is 4. The molecule has 0 saturated carbocycles. The monoisotopic (exact) mass is 259 g/mol. The second kappa shape index (κ2) is 5.99. The highest BCUT2D eigenvalue weighted by molar-refractivity contribution is 5.97. The van der Waals surface area contributed by atoms with E-state index in [1.807, 2.05) is 5.32 Å². The van der Waals surface area contributed by atoms with Gasteiger partial charge in [0.1, 0.15) is 6.04 Å². The number of hydrogen-bond donors (Lipinski definition) is 4. The van der Waals surface area contributed by atoms with Crippen molar-refractivity contribution >= 4 is 23.8 Å². The number of carbonyl (C=O) groups excluding carboxylic acids is 3. The maximum absolute atomic E-state index is 11.4. The zero-order chi connectivity index (χ0) is 14.5. The first-order valence-corrected chi connectivity index (χ1v) is 5.19. The van der Waals surface area contributed by atoms with Crippen LogP contribution in [-0.2, 0) is 14.4 Å². The van der Waals surface area contributed by atoms with Crippen molar-refractivity contribution in [1.29, 1.82) is 0 Å². The molecule has 0 aliphatic carbocycles. The largest absolute Gasteiger partial charge is 0.481 e. The van der Waals surface area contributed by atoms with E-state index in [0.29, 0.717) is 0 Å². The van der Waals surface area contributed by atoms with Gasteiger partial charge in [0.05, 0.1) is 5.41 Å². The number of imide groups is 1. The van der Waals surface area contributed by atoms with Crippen molar-refractivity contribution in [3.8, 4) is 0 Å². The zero-order valence-electron chi connectivity index (χ0n) is 10.4. The molecule has 0 bridgehead atoms. The summed E-state index contributed by atoms with van der Waals surface area (Å²) in [4.78, 5) is 44.0. The van der Waals surface area contributed by atoms with Gasteiger partial charge in [0.25, 0.3) is 0 Å². The van der Waals surface area contributed by atoms with E-state index in [0.717, 1.165) is 0 Å². The molecule has 0 spiro atoms. The second-order valence-electron chi connectivity index (χ2n) is 4.51. The molecule has 102 valence electrons. The smallest absolute Gasteiger partial charge is 0.322 e. The Morgan fingerprint density at radius 3 is 2.17 bits per heavy atom. The van der Waals surface area contributed by atoms with Crippen LogP contribution in [0.4, 0.5) is 4.79 Å². The summed E-state index contributed by atoms with van der Waals surface area (Å²) >= 11 is 0. The topological polar surface area (TPSA) is 139 Å². The summed E-state index contributed by atoms with van der Waals surface area (Å²) in [5.41, 5.74) is 3.63. The summed E-state index contributed by atoms with van der Waals surface area (Å²) in [6.45, 7) is 4.07. The van der Waals surface area contributed by atoms with Gasteiger partial charge in [-0.25, -0.2) is 4.79 Å². The average Bonchev–Trinajstić information content (AvgIpc) is 2.15. The average molecular weight is 259 g/mol. The molecule has 0 radical (unpaired) electrons. The van der Waals surface area contributed by atoms with Crippen LogP contribution in [0, 0.1) is 5.41 Å². The van der Waals surface area contributed by atoms with Crippen LogP contribution in [0.5, 0.6) is 0 Å². The number of rotatable bonds is 5. The fraction of sp³-hybridized carbons (Fsp3) is 0.600. The van der Waals surface area contributed by atoms with Gasteiger partial charge >= 0.3 is 12.0 Å². The van der Waals surface area contributed by atoms with E-state index in [9.17, 15) is 19.2 Å². The van der Waals surface area contributed by atoms with E-state index >= 15 is 0 Å². The van der Waals surface area contributed by atoms with Gasteiger partial charge in [0, 0.05) is 6.42 Å². The second-order valence-corrected chi connectivity index (χ2v) is 4.51. The van der Waals surface area contributed by atoms with Crippen LogP contribution in [0.15, 0.2) is 0 Å². The Morgan fingerprint density at radius 1 is 1.28 bits per heavy atom. The molecule has 1 unspecified atom stereocenters. The third kappa shape index (κ3) is 5.28. The molecule has 4 amide bonds. The Hall–Kier alpha value is -2.12. The number of aliphatic carboxylic acids is 1. The fourth-order valence-electron chi connectivity index (χ4n) is 0.952. The van der Waals surface area contributed by atoms with E-state index < -0.39 is 35.3 Å². The number of nitrogens with two attached hydrogens (primary N) is 1. The molecular weight excluding hydrogens is 242 g/mol. The Bertz CT molecular complexity index is 378. The molecule has 0 aromatic rings. The van der Waals surface area contributed by atoms with Crippen molar-refractivity contribution in [2.45, 2.75) is 33.2 Å². The summed E-state index contributed by atoms with van der Waals surface area (Å²) in [7, 11) is 0. The van der Waals surface area contributed by atoms with Gasteiger partial charge in [-0.1, -0.05) is 0 Å². The van der Waals surface area contributed by atoms with E-state index in [1.165, 1.54) is 20.8 Å². The Labute approximate surface area is 104 Å². The summed E-state index contributed by atoms with van der Waals surface area (Å²) in [5.74, 6) is -2.65. The Morgan fingerprint density at radius 2 is 1.78 bits per heavy atom. The predicted molar refractivity (Wildman–Crippen MR) is 61.4 cm³/mol. The van der Waals surface area contributed by atoms with E-state index in [1.54, 1.807) is 0 Å². The third-order valence-electron chi connectivity index (χ3n) is 2.21. The quantitative estimate of drug-likeness (QED) is 0.511. The van der Waals surface area contributed by atoms with Crippen molar-refractivity contribution in [2.24, 2.45) is 11.1 Å². The molecule has 5 N–H and O–H groups in total. The summed E-state index contributed by atoms with van der Waals surface area (Å²) in [5, 5.41) is 12.8. The van der Waals surface area contributed by atoms with Crippen LogP contribution in [0.1, 0.15) is 27.2 Å². The number of carboxylic acid groups (broad SMARTS) is 1. The number of carboxylic acids is 1. The van der Waals surface area contributed by atoms with Crippen molar-refractivity contribution in [2.75, 3.05) is 0 Å². The van der Waals surface area contributed by atoms with Crippen molar-refractivity contribution in [1.82, 2.24) is 10.6 Å². The Kier molecular flexibility index (Phi) is 5.28. The SMILES string of the molecule is CC(NC(=O)NC(=O)CC(C)(C)C(=O)O)C(N)=O. The lowest BCUT2D eigenvalue weighted by Gasteiger charge is -2.18.